The fraction of sp³-hybridized carbons (Fsp3) is 0.444. The van der Waals surface area contributed by atoms with Crippen LogP contribution in [0.3, 0.4) is 0 Å². The molecule has 0 radical (unpaired) electrons. The van der Waals surface area contributed by atoms with E-state index in [9.17, 15) is 14.4 Å². The third-order valence-electron chi connectivity index (χ3n) is 6.70. The Hall–Kier alpha value is -3.79. The summed E-state index contributed by atoms with van der Waals surface area (Å²) in [6.45, 7) is 1.31. The van der Waals surface area contributed by atoms with Crippen LogP contribution in [0, 0.1) is 5.92 Å². The van der Waals surface area contributed by atoms with Gasteiger partial charge in [0, 0.05) is 43.0 Å². The Labute approximate surface area is 216 Å². The molecule has 1 N–H and O–H groups in total. The molecular weight excluding hydrogens is 476 g/mol. The predicted octanol–water partition coefficient (Wildman–Crippen LogP) is 2.87. The predicted molar refractivity (Wildman–Crippen MR) is 138 cm³/mol. The van der Waals surface area contributed by atoms with Crippen molar-refractivity contribution in [2.75, 3.05) is 47.6 Å². The molecule has 0 atom stereocenters. The Morgan fingerprint density at radius 2 is 1.92 bits per heavy atom. The maximum absolute atomic E-state index is 12.8. The lowest BCUT2D eigenvalue weighted by molar-refractivity contribution is -0.159. The molecule has 1 fully saturated rings. The number of nitrogens with zero attached hydrogens (tertiary/aromatic N) is 3. The van der Waals surface area contributed by atoms with Crippen molar-refractivity contribution in [3.8, 4) is 5.75 Å². The number of fused-ring (bicyclic) bond motifs is 1. The fourth-order valence-corrected chi connectivity index (χ4v) is 4.56. The van der Waals surface area contributed by atoms with E-state index in [0.717, 1.165) is 23.9 Å². The van der Waals surface area contributed by atoms with Crippen molar-refractivity contribution in [2.24, 2.45) is 5.92 Å². The molecule has 198 valence electrons. The summed E-state index contributed by atoms with van der Waals surface area (Å²) in [6.07, 6.45) is 8.91. The van der Waals surface area contributed by atoms with E-state index >= 15 is 0 Å². The minimum absolute atomic E-state index is 0.0147. The topological polar surface area (TPSA) is 102 Å². The van der Waals surface area contributed by atoms with Gasteiger partial charge >= 0.3 is 12.1 Å². The van der Waals surface area contributed by atoms with Gasteiger partial charge in [-0.15, -0.1) is 0 Å². The van der Waals surface area contributed by atoms with E-state index in [1.54, 1.807) is 36.7 Å². The molecule has 1 saturated heterocycles. The molecule has 1 aromatic carbocycles. The van der Waals surface area contributed by atoms with Gasteiger partial charge in [0.25, 0.3) is 5.91 Å². The summed E-state index contributed by atoms with van der Waals surface area (Å²) >= 11 is 0. The number of likely N-dealkylation sites (tertiary alicyclic amines) is 1. The molecule has 0 bridgehead atoms. The number of rotatable bonds is 8. The zero-order valence-electron chi connectivity index (χ0n) is 21.6. The molecule has 0 spiro atoms. The number of likely N-dealkylation sites (N-methyl/N-ethyl adjacent to an activating group) is 1. The number of piperidine rings is 1. The van der Waals surface area contributed by atoms with E-state index in [1.807, 2.05) is 32.3 Å². The Bertz CT molecular complexity index is 1210. The lowest BCUT2D eigenvalue weighted by atomic mass is 9.96. The number of carbonyl (C=O) groups is 3. The van der Waals surface area contributed by atoms with E-state index in [-0.39, 0.29) is 11.8 Å². The Morgan fingerprint density at radius 3 is 2.59 bits per heavy atom. The molecule has 10 nitrogen and oxygen atoms in total. The molecule has 0 unspecified atom stereocenters. The van der Waals surface area contributed by atoms with Gasteiger partial charge in [-0.2, -0.15) is 0 Å². The largest absolute Gasteiger partial charge is 0.497 e. The maximum atomic E-state index is 12.8. The fourth-order valence-electron chi connectivity index (χ4n) is 4.56. The van der Waals surface area contributed by atoms with E-state index in [2.05, 4.69) is 10.2 Å². The van der Waals surface area contributed by atoms with Crippen LogP contribution >= 0.6 is 0 Å². The van der Waals surface area contributed by atoms with Gasteiger partial charge in [0.1, 0.15) is 5.75 Å². The van der Waals surface area contributed by atoms with Crippen LogP contribution in [0.2, 0.25) is 0 Å². The van der Waals surface area contributed by atoms with Crippen LogP contribution in [0.4, 0.5) is 4.79 Å². The Kier molecular flexibility index (Phi) is 8.50. The van der Waals surface area contributed by atoms with Crippen molar-refractivity contribution in [3.05, 3.63) is 54.0 Å². The minimum Gasteiger partial charge on any atom is -0.497 e. The number of hydrogen-bond acceptors (Lipinski definition) is 8. The van der Waals surface area contributed by atoms with Gasteiger partial charge in [0.15, 0.2) is 0 Å². The number of amides is 1. The molecule has 10 heteroatoms. The van der Waals surface area contributed by atoms with Crippen molar-refractivity contribution in [1.82, 2.24) is 19.7 Å². The summed E-state index contributed by atoms with van der Waals surface area (Å²) < 4.78 is 17.3. The molecule has 0 saturated carbocycles. The average Bonchev–Trinajstić information content (AvgIpc) is 3.29. The van der Waals surface area contributed by atoms with Crippen LogP contribution in [0.25, 0.3) is 10.9 Å². The number of esters is 1. The van der Waals surface area contributed by atoms with E-state index in [0.29, 0.717) is 49.2 Å². The van der Waals surface area contributed by atoms with Crippen LogP contribution in [0.15, 0.2) is 48.4 Å². The van der Waals surface area contributed by atoms with Gasteiger partial charge in [0.2, 0.25) is 6.79 Å². The lowest BCUT2D eigenvalue weighted by Crippen LogP contribution is -2.41. The number of allylic oxidation sites excluding steroid dienone is 1. The number of dihydropyridines is 1. The van der Waals surface area contributed by atoms with Gasteiger partial charge in [-0.05, 0) is 69.7 Å². The van der Waals surface area contributed by atoms with Gasteiger partial charge in [-0.25, -0.2) is 4.79 Å². The molecule has 1 amide bonds. The summed E-state index contributed by atoms with van der Waals surface area (Å²) in [5.41, 5.74) is 2.40. The Balaban J connectivity index is 1.30. The lowest BCUT2D eigenvalue weighted by Gasteiger charge is -2.31. The van der Waals surface area contributed by atoms with E-state index in [1.165, 1.54) is 4.57 Å². The molecule has 0 aliphatic carbocycles. The second-order valence-electron chi connectivity index (χ2n) is 9.46. The highest BCUT2D eigenvalue weighted by molar-refractivity contribution is 5.94. The van der Waals surface area contributed by atoms with E-state index < -0.39 is 18.9 Å². The molecular formula is C27H34N4O6. The number of aromatic nitrogens is 1. The first-order chi connectivity index (χ1) is 17.9. The zero-order chi connectivity index (χ0) is 26.4. The maximum Gasteiger partial charge on any atom is 0.421 e. The van der Waals surface area contributed by atoms with Crippen molar-refractivity contribution in [2.45, 2.75) is 25.7 Å². The molecule has 3 heterocycles. The average molecular weight is 511 g/mol. The van der Waals surface area contributed by atoms with Gasteiger partial charge in [0.05, 0.1) is 18.5 Å². The normalized spacial score (nSPS) is 15.9. The second kappa shape index (κ2) is 12.0. The molecule has 1 aromatic heterocycles. The van der Waals surface area contributed by atoms with Crippen LogP contribution in [-0.2, 0) is 25.5 Å². The summed E-state index contributed by atoms with van der Waals surface area (Å²) in [4.78, 5) is 41.8. The van der Waals surface area contributed by atoms with Gasteiger partial charge in [-0.1, -0.05) is 6.08 Å². The highest BCUT2D eigenvalue weighted by atomic mass is 16.7. The SMILES string of the molecule is COc1ccc2c(c1)c(CCN(C)C)cn2C(=O)OCOC(=O)C1CCN(C(=O)C2=CNC=CC2)CC1. The molecule has 37 heavy (non-hydrogen) atoms. The van der Waals surface area contributed by atoms with Crippen LogP contribution < -0.4 is 10.1 Å². The number of nitrogens with one attached hydrogen (secondary N) is 1. The number of methoxy groups -OCH3 is 1. The smallest absolute Gasteiger partial charge is 0.421 e. The Morgan fingerprint density at radius 1 is 1.14 bits per heavy atom. The quantitative estimate of drug-likeness (QED) is 0.427. The molecule has 2 aliphatic rings. The summed E-state index contributed by atoms with van der Waals surface area (Å²) in [7, 11) is 5.59. The third kappa shape index (κ3) is 6.32. The number of benzene rings is 1. The first-order valence-corrected chi connectivity index (χ1v) is 12.4. The monoisotopic (exact) mass is 510 g/mol. The summed E-state index contributed by atoms with van der Waals surface area (Å²) in [6, 6.07) is 5.50. The van der Waals surface area contributed by atoms with Crippen molar-refractivity contribution in [1.29, 1.82) is 0 Å². The van der Waals surface area contributed by atoms with Crippen molar-refractivity contribution in [3.63, 3.8) is 0 Å². The molecule has 2 aromatic rings. The van der Waals surface area contributed by atoms with Gasteiger partial charge in [-0.3, -0.25) is 14.2 Å². The van der Waals surface area contributed by atoms with Crippen LogP contribution in [-0.4, -0.2) is 80.0 Å². The number of hydrogen-bond donors (Lipinski definition) is 1. The zero-order valence-corrected chi connectivity index (χ0v) is 21.6. The van der Waals surface area contributed by atoms with Crippen molar-refractivity contribution >= 4 is 28.9 Å². The number of carbonyl (C=O) groups excluding carboxylic acids is 3. The highest BCUT2D eigenvalue weighted by Gasteiger charge is 2.30. The van der Waals surface area contributed by atoms with Gasteiger partial charge < -0.3 is 29.3 Å². The summed E-state index contributed by atoms with van der Waals surface area (Å²) in [5.74, 6) is -0.0664. The minimum atomic E-state index is -0.622. The van der Waals surface area contributed by atoms with Crippen molar-refractivity contribution < 1.29 is 28.6 Å². The first-order valence-electron chi connectivity index (χ1n) is 12.4. The standard InChI is InChI=1S/C27H34N4O6/c1-29(2)12-8-21-17-31(24-7-6-22(35-3)15-23(21)24)27(34)37-18-36-26(33)19-9-13-30(14-10-19)25(32)20-5-4-11-28-16-20/h4,6-7,11,15-17,19,28H,5,8-10,12-14,18H2,1-3H3. The van der Waals surface area contributed by atoms with E-state index in [4.69, 9.17) is 14.2 Å². The highest BCUT2D eigenvalue weighted by Crippen LogP contribution is 2.27. The second-order valence-corrected chi connectivity index (χ2v) is 9.46. The molecule has 2 aliphatic heterocycles. The summed E-state index contributed by atoms with van der Waals surface area (Å²) in [5, 5.41) is 3.85. The molecule has 4 rings (SSSR count). The number of ether oxygens (including phenoxy) is 3. The van der Waals surface area contributed by atoms with Crippen LogP contribution in [0.5, 0.6) is 5.75 Å². The van der Waals surface area contributed by atoms with Crippen LogP contribution in [0.1, 0.15) is 24.8 Å². The third-order valence-corrected chi connectivity index (χ3v) is 6.70. The first kappa shape index (κ1) is 26.3.